The number of carbonyl (C=O) groups excluding carboxylic acids is 1. The molecule has 0 bridgehead atoms. The highest BCUT2D eigenvalue weighted by molar-refractivity contribution is 5.98. The minimum Gasteiger partial charge on any atom is -0.370 e. The molecule has 0 saturated carbocycles. The van der Waals surface area contributed by atoms with Gasteiger partial charge in [0.2, 0.25) is 0 Å². The average Bonchev–Trinajstić information content (AvgIpc) is 2.38. The van der Waals surface area contributed by atoms with Crippen molar-refractivity contribution in [3.05, 3.63) is 27.9 Å². The van der Waals surface area contributed by atoms with Crippen molar-refractivity contribution < 1.29 is 9.72 Å². The lowest BCUT2D eigenvalue weighted by molar-refractivity contribution is -0.385. The molecule has 1 rings (SSSR count). The van der Waals surface area contributed by atoms with E-state index in [1.165, 1.54) is 6.07 Å². The van der Waals surface area contributed by atoms with Crippen LogP contribution < -0.4 is 10.6 Å². The minimum atomic E-state index is -0.595. The zero-order chi connectivity index (χ0) is 15.1. The van der Waals surface area contributed by atoms with Gasteiger partial charge in [0.1, 0.15) is 17.6 Å². The Morgan fingerprint density at radius 2 is 2.20 bits per heavy atom. The van der Waals surface area contributed by atoms with Gasteiger partial charge in [0, 0.05) is 18.7 Å². The smallest absolute Gasteiger partial charge is 0.300 e. The molecule has 0 aliphatic rings. The van der Waals surface area contributed by atoms with Crippen molar-refractivity contribution >= 4 is 17.4 Å². The molecule has 110 valence electrons. The van der Waals surface area contributed by atoms with Crippen LogP contribution in [0.4, 0.5) is 11.5 Å². The normalized spacial score (nSPS) is 11.8. The topological polar surface area (TPSA) is 97.2 Å². The standard InChI is InChI=1S/C13H20N4O3/c1-4-6-9(3)16-13(18)10-7-12(14-5-2)15-8-11(10)17(19)20/h7-9H,4-6H2,1-3H3,(H,14,15)(H,16,18). The molecule has 1 aromatic rings. The highest BCUT2D eigenvalue weighted by Crippen LogP contribution is 2.20. The first kappa shape index (κ1) is 15.9. The molecule has 0 aliphatic carbocycles. The van der Waals surface area contributed by atoms with Gasteiger partial charge in [0.25, 0.3) is 11.6 Å². The number of pyridine rings is 1. The Kier molecular flexibility index (Phi) is 5.89. The molecular formula is C13H20N4O3. The van der Waals surface area contributed by atoms with Crippen molar-refractivity contribution in [2.45, 2.75) is 39.7 Å². The van der Waals surface area contributed by atoms with Crippen LogP contribution in [0.5, 0.6) is 0 Å². The molecule has 0 radical (unpaired) electrons. The van der Waals surface area contributed by atoms with Crippen LogP contribution in [-0.2, 0) is 0 Å². The number of nitro groups is 1. The van der Waals surface area contributed by atoms with E-state index < -0.39 is 10.8 Å². The van der Waals surface area contributed by atoms with Gasteiger partial charge < -0.3 is 10.6 Å². The summed E-state index contributed by atoms with van der Waals surface area (Å²) >= 11 is 0. The van der Waals surface area contributed by atoms with Gasteiger partial charge in [0.15, 0.2) is 0 Å². The van der Waals surface area contributed by atoms with Crippen LogP contribution in [-0.4, -0.2) is 28.4 Å². The maximum atomic E-state index is 12.1. The molecule has 1 atom stereocenters. The molecule has 20 heavy (non-hydrogen) atoms. The van der Waals surface area contributed by atoms with E-state index in [1.807, 2.05) is 20.8 Å². The van der Waals surface area contributed by atoms with Gasteiger partial charge in [0.05, 0.1) is 4.92 Å². The third kappa shape index (κ3) is 4.18. The highest BCUT2D eigenvalue weighted by Gasteiger charge is 2.22. The lowest BCUT2D eigenvalue weighted by atomic mass is 10.1. The second-order valence-electron chi connectivity index (χ2n) is 4.54. The van der Waals surface area contributed by atoms with Crippen molar-refractivity contribution in [2.24, 2.45) is 0 Å². The molecule has 1 unspecified atom stereocenters. The molecule has 2 N–H and O–H groups in total. The molecule has 0 fully saturated rings. The average molecular weight is 280 g/mol. The van der Waals surface area contributed by atoms with Gasteiger partial charge in [-0.2, -0.15) is 0 Å². The molecule has 7 heteroatoms. The molecule has 0 aliphatic heterocycles. The zero-order valence-electron chi connectivity index (χ0n) is 12.0. The fourth-order valence-corrected chi connectivity index (χ4v) is 1.86. The first-order valence-corrected chi connectivity index (χ1v) is 6.68. The number of carbonyl (C=O) groups is 1. The number of rotatable bonds is 7. The Morgan fingerprint density at radius 1 is 1.50 bits per heavy atom. The van der Waals surface area contributed by atoms with E-state index in [1.54, 1.807) is 0 Å². The van der Waals surface area contributed by atoms with E-state index in [4.69, 9.17) is 0 Å². The molecular weight excluding hydrogens is 260 g/mol. The molecule has 0 saturated heterocycles. The first-order chi connectivity index (χ1) is 9.49. The van der Waals surface area contributed by atoms with Gasteiger partial charge in [-0.1, -0.05) is 13.3 Å². The van der Waals surface area contributed by atoms with Crippen molar-refractivity contribution in [1.82, 2.24) is 10.3 Å². The summed E-state index contributed by atoms with van der Waals surface area (Å²) in [5, 5.41) is 16.7. The maximum absolute atomic E-state index is 12.1. The van der Waals surface area contributed by atoms with E-state index in [-0.39, 0.29) is 17.3 Å². The van der Waals surface area contributed by atoms with E-state index >= 15 is 0 Å². The summed E-state index contributed by atoms with van der Waals surface area (Å²) < 4.78 is 0. The SMILES string of the molecule is CCCC(C)NC(=O)c1cc(NCC)ncc1[N+](=O)[O-]. The van der Waals surface area contributed by atoms with Gasteiger partial charge in [-0.3, -0.25) is 14.9 Å². The van der Waals surface area contributed by atoms with E-state index in [9.17, 15) is 14.9 Å². The lowest BCUT2D eigenvalue weighted by Crippen LogP contribution is -2.32. The summed E-state index contributed by atoms with van der Waals surface area (Å²) in [6, 6.07) is 1.39. The van der Waals surface area contributed by atoms with Gasteiger partial charge >= 0.3 is 0 Å². The Bertz CT molecular complexity index is 491. The van der Waals surface area contributed by atoms with Crippen LogP contribution >= 0.6 is 0 Å². The van der Waals surface area contributed by atoms with Crippen molar-refractivity contribution in [3.63, 3.8) is 0 Å². The molecule has 1 amide bonds. The highest BCUT2D eigenvalue weighted by atomic mass is 16.6. The van der Waals surface area contributed by atoms with Crippen LogP contribution in [0.3, 0.4) is 0 Å². The summed E-state index contributed by atoms with van der Waals surface area (Å²) in [6.07, 6.45) is 2.87. The monoisotopic (exact) mass is 280 g/mol. The Hall–Kier alpha value is -2.18. The fraction of sp³-hybridized carbons (Fsp3) is 0.538. The molecule has 1 aromatic heterocycles. The summed E-state index contributed by atoms with van der Waals surface area (Å²) in [4.78, 5) is 26.4. The Balaban J connectivity index is 3.02. The van der Waals surface area contributed by atoms with Crippen LogP contribution in [0, 0.1) is 10.1 Å². The second kappa shape index (κ2) is 7.42. The number of aromatic nitrogens is 1. The predicted octanol–water partition coefficient (Wildman–Crippen LogP) is 2.34. The molecule has 1 heterocycles. The number of amides is 1. The predicted molar refractivity (Wildman–Crippen MR) is 76.9 cm³/mol. The van der Waals surface area contributed by atoms with Crippen LogP contribution in [0.15, 0.2) is 12.3 Å². The second-order valence-corrected chi connectivity index (χ2v) is 4.54. The minimum absolute atomic E-state index is 0.0251. The largest absolute Gasteiger partial charge is 0.370 e. The third-order valence-corrected chi connectivity index (χ3v) is 2.78. The number of anilines is 1. The van der Waals surface area contributed by atoms with Crippen LogP contribution in [0.2, 0.25) is 0 Å². The molecule has 7 nitrogen and oxygen atoms in total. The van der Waals surface area contributed by atoms with Crippen molar-refractivity contribution in [1.29, 1.82) is 0 Å². The third-order valence-electron chi connectivity index (χ3n) is 2.78. The zero-order valence-corrected chi connectivity index (χ0v) is 12.0. The van der Waals surface area contributed by atoms with Crippen LogP contribution in [0.25, 0.3) is 0 Å². The lowest BCUT2D eigenvalue weighted by Gasteiger charge is -2.13. The van der Waals surface area contributed by atoms with E-state index in [2.05, 4.69) is 15.6 Å². The quantitative estimate of drug-likeness (QED) is 0.590. The Labute approximate surface area is 117 Å². The maximum Gasteiger partial charge on any atom is 0.300 e. The van der Waals surface area contributed by atoms with E-state index in [0.29, 0.717) is 12.4 Å². The Morgan fingerprint density at radius 3 is 2.75 bits per heavy atom. The first-order valence-electron chi connectivity index (χ1n) is 6.68. The van der Waals surface area contributed by atoms with Crippen molar-refractivity contribution in [3.8, 4) is 0 Å². The molecule has 0 aromatic carbocycles. The van der Waals surface area contributed by atoms with Gasteiger partial charge in [-0.05, 0) is 20.3 Å². The summed E-state index contributed by atoms with van der Waals surface area (Å²) in [7, 11) is 0. The number of hydrogen-bond donors (Lipinski definition) is 2. The van der Waals surface area contributed by atoms with Gasteiger partial charge in [-0.15, -0.1) is 0 Å². The fourth-order valence-electron chi connectivity index (χ4n) is 1.86. The van der Waals surface area contributed by atoms with Gasteiger partial charge in [-0.25, -0.2) is 4.98 Å². The number of nitrogens with zero attached hydrogens (tertiary/aromatic N) is 2. The molecule has 0 spiro atoms. The van der Waals surface area contributed by atoms with E-state index in [0.717, 1.165) is 19.0 Å². The summed E-state index contributed by atoms with van der Waals surface area (Å²) in [5.74, 6) is 0.00518. The van der Waals surface area contributed by atoms with Crippen LogP contribution in [0.1, 0.15) is 44.0 Å². The summed E-state index contributed by atoms with van der Waals surface area (Å²) in [6.45, 7) is 6.39. The number of hydrogen-bond acceptors (Lipinski definition) is 5. The number of nitrogens with one attached hydrogen (secondary N) is 2. The van der Waals surface area contributed by atoms with Crippen molar-refractivity contribution in [2.75, 3.05) is 11.9 Å². The summed E-state index contributed by atoms with van der Waals surface area (Å²) in [5.41, 5.74) is -0.253.